The third-order valence-corrected chi connectivity index (χ3v) is 1.24. The summed E-state index contributed by atoms with van der Waals surface area (Å²) in [5.41, 5.74) is 9.82. The second-order valence-corrected chi connectivity index (χ2v) is 2.30. The first-order chi connectivity index (χ1) is 6.11. The van der Waals surface area contributed by atoms with E-state index in [4.69, 9.17) is 5.73 Å². The van der Waals surface area contributed by atoms with E-state index < -0.39 is 5.91 Å². The van der Waals surface area contributed by atoms with E-state index in [9.17, 15) is 9.59 Å². The number of amides is 2. The van der Waals surface area contributed by atoms with Crippen molar-refractivity contribution in [3.63, 3.8) is 0 Å². The highest BCUT2D eigenvalue weighted by atomic mass is 16.2. The highest BCUT2D eigenvalue weighted by molar-refractivity contribution is 5.95. The number of hydrazine groups is 1. The van der Waals surface area contributed by atoms with Crippen molar-refractivity contribution in [3.05, 3.63) is 12.0 Å². The third-order valence-electron chi connectivity index (χ3n) is 1.24. The third kappa shape index (κ3) is 2.19. The molecule has 2 amide bonds. The fourth-order valence-corrected chi connectivity index (χ4v) is 0.724. The zero-order valence-electron chi connectivity index (χ0n) is 6.92. The molecule has 7 heteroatoms. The molecule has 70 valence electrons. The van der Waals surface area contributed by atoms with E-state index >= 15 is 0 Å². The van der Waals surface area contributed by atoms with Crippen molar-refractivity contribution in [2.75, 3.05) is 5.43 Å². The molecule has 1 rings (SSSR count). The van der Waals surface area contributed by atoms with Crippen LogP contribution in [-0.2, 0) is 4.79 Å². The molecule has 0 radical (unpaired) electrons. The maximum absolute atomic E-state index is 10.7. The minimum absolute atomic E-state index is 0.119. The number of nitrogens with two attached hydrogens (primary N) is 1. The molecule has 1 heterocycles. The highest BCUT2D eigenvalue weighted by Gasteiger charge is 2.09. The molecule has 0 fully saturated rings. The summed E-state index contributed by atoms with van der Waals surface area (Å²) in [4.78, 5) is 27.5. The number of carbonyl (C=O) groups is 2. The number of aromatic amines is 1. The lowest BCUT2D eigenvalue weighted by atomic mass is 10.4. The van der Waals surface area contributed by atoms with Crippen LogP contribution in [0.2, 0.25) is 0 Å². The molecule has 0 saturated heterocycles. The van der Waals surface area contributed by atoms with Gasteiger partial charge in [-0.15, -0.1) is 0 Å². The van der Waals surface area contributed by atoms with Gasteiger partial charge in [-0.1, -0.05) is 0 Å². The number of hydrogen-bond acceptors (Lipinski definition) is 4. The normalized spacial score (nSPS) is 9.31. The second-order valence-electron chi connectivity index (χ2n) is 2.30. The SMILES string of the molecule is CC(=O)NNc1nc[nH]c1C(N)=O. The van der Waals surface area contributed by atoms with E-state index in [2.05, 4.69) is 20.8 Å². The number of H-pyrrole nitrogens is 1. The zero-order chi connectivity index (χ0) is 9.84. The molecule has 13 heavy (non-hydrogen) atoms. The van der Waals surface area contributed by atoms with Crippen molar-refractivity contribution in [1.29, 1.82) is 0 Å². The van der Waals surface area contributed by atoms with Crippen molar-refractivity contribution in [3.8, 4) is 0 Å². The molecule has 1 aromatic rings. The Morgan fingerprint density at radius 2 is 2.31 bits per heavy atom. The van der Waals surface area contributed by atoms with E-state index in [-0.39, 0.29) is 17.4 Å². The first-order valence-electron chi connectivity index (χ1n) is 3.47. The molecular weight excluding hydrogens is 174 g/mol. The summed E-state index contributed by atoms with van der Waals surface area (Å²) in [7, 11) is 0. The number of imidazole rings is 1. The Hall–Kier alpha value is -2.05. The summed E-state index contributed by atoms with van der Waals surface area (Å²) in [6, 6.07) is 0. The molecule has 0 aromatic carbocycles. The Kier molecular flexibility index (Phi) is 2.48. The van der Waals surface area contributed by atoms with Crippen LogP contribution < -0.4 is 16.6 Å². The Balaban J connectivity index is 2.71. The molecule has 0 spiro atoms. The molecule has 1 aromatic heterocycles. The maximum atomic E-state index is 10.7. The van der Waals surface area contributed by atoms with Gasteiger partial charge in [0.05, 0.1) is 6.33 Å². The van der Waals surface area contributed by atoms with Crippen LogP contribution in [0.1, 0.15) is 17.4 Å². The molecule has 0 aliphatic carbocycles. The molecule has 0 aliphatic heterocycles. The van der Waals surface area contributed by atoms with Crippen molar-refractivity contribution >= 4 is 17.6 Å². The van der Waals surface area contributed by atoms with Gasteiger partial charge in [0, 0.05) is 6.92 Å². The van der Waals surface area contributed by atoms with Gasteiger partial charge in [0.15, 0.2) is 5.82 Å². The Morgan fingerprint density at radius 1 is 1.62 bits per heavy atom. The van der Waals surface area contributed by atoms with Crippen molar-refractivity contribution in [2.24, 2.45) is 5.73 Å². The van der Waals surface area contributed by atoms with Crippen LogP contribution in [0.15, 0.2) is 6.33 Å². The molecule has 7 nitrogen and oxygen atoms in total. The molecule has 5 N–H and O–H groups in total. The molecule has 0 unspecified atom stereocenters. The Morgan fingerprint density at radius 3 is 2.85 bits per heavy atom. The van der Waals surface area contributed by atoms with Gasteiger partial charge < -0.3 is 10.7 Å². The van der Waals surface area contributed by atoms with E-state index in [0.717, 1.165) is 0 Å². The number of carbonyl (C=O) groups excluding carboxylic acids is 2. The zero-order valence-corrected chi connectivity index (χ0v) is 6.92. The number of anilines is 1. The van der Waals surface area contributed by atoms with Gasteiger partial charge in [0.2, 0.25) is 5.91 Å². The van der Waals surface area contributed by atoms with Gasteiger partial charge in [0.1, 0.15) is 5.69 Å². The smallest absolute Gasteiger partial charge is 0.269 e. The van der Waals surface area contributed by atoms with Crippen molar-refractivity contribution in [1.82, 2.24) is 15.4 Å². The van der Waals surface area contributed by atoms with Gasteiger partial charge in [-0.2, -0.15) is 0 Å². The number of hydrogen-bond donors (Lipinski definition) is 4. The fraction of sp³-hybridized carbons (Fsp3) is 0.167. The molecule has 0 atom stereocenters. The number of primary amides is 1. The predicted molar refractivity (Wildman–Crippen MR) is 44.5 cm³/mol. The Labute approximate surface area is 73.7 Å². The fourth-order valence-electron chi connectivity index (χ4n) is 0.724. The van der Waals surface area contributed by atoms with Gasteiger partial charge in [0.25, 0.3) is 5.91 Å². The topological polar surface area (TPSA) is 113 Å². The van der Waals surface area contributed by atoms with Gasteiger partial charge in [-0.05, 0) is 0 Å². The summed E-state index contributed by atoms with van der Waals surface area (Å²) in [5.74, 6) is -0.744. The number of rotatable bonds is 3. The minimum Gasteiger partial charge on any atom is -0.364 e. The van der Waals surface area contributed by atoms with E-state index in [1.807, 2.05) is 0 Å². The first-order valence-corrected chi connectivity index (χ1v) is 3.47. The van der Waals surface area contributed by atoms with Crippen LogP contribution in [0.3, 0.4) is 0 Å². The number of nitrogens with one attached hydrogen (secondary N) is 3. The largest absolute Gasteiger partial charge is 0.364 e. The summed E-state index contributed by atoms with van der Waals surface area (Å²) in [6.07, 6.45) is 1.30. The summed E-state index contributed by atoms with van der Waals surface area (Å²) in [6.45, 7) is 1.32. The average Bonchev–Trinajstić information content (AvgIpc) is 2.47. The van der Waals surface area contributed by atoms with Crippen LogP contribution in [0, 0.1) is 0 Å². The second kappa shape index (κ2) is 3.57. The van der Waals surface area contributed by atoms with Gasteiger partial charge in [-0.3, -0.25) is 20.4 Å². The lowest BCUT2D eigenvalue weighted by molar-refractivity contribution is -0.118. The van der Waals surface area contributed by atoms with Gasteiger partial charge >= 0.3 is 0 Å². The van der Waals surface area contributed by atoms with E-state index in [0.29, 0.717) is 0 Å². The van der Waals surface area contributed by atoms with Crippen LogP contribution in [0.5, 0.6) is 0 Å². The van der Waals surface area contributed by atoms with Gasteiger partial charge in [-0.25, -0.2) is 4.98 Å². The molecular formula is C6H9N5O2. The maximum Gasteiger partial charge on any atom is 0.269 e. The number of aromatic nitrogens is 2. The van der Waals surface area contributed by atoms with Crippen LogP contribution in [0.25, 0.3) is 0 Å². The lowest BCUT2D eigenvalue weighted by Crippen LogP contribution is -2.28. The number of nitrogens with zero attached hydrogens (tertiary/aromatic N) is 1. The highest BCUT2D eigenvalue weighted by Crippen LogP contribution is 2.05. The molecule has 0 aliphatic rings. The van der Waals surface area contributed by atoms with Crippen LogP contribution in [0.4, 0.5) is 5.82 Å². The molecule has 0 saturated carbocycles. The lowest BCUT2D eigenvalue weighted by Gasteiger charge is -2.03. The predicted octanol–water partition coefficient (Wildman–Crippen LogP) is -1.03. The summed E-state index contributed by atoms with van der Waals surface area (Å²) < 4.78 is 0. The van der Waals surface area contributed by atoms with Crippen molar-refractivity contribution in [2.45, 2.75) is 6.92 Å². The van der Waals surface area contributed by atoms with Crippen LogP contribution >= 0.6 is 0 Å². The van der Waals surface area contributed by atoms with Crippen molar-refractivity contribution < 1.29 is 9.59 Å². The first kappa shape index (κ1) is 9.04. The van der Waals surface area contributed by atoms with E-state index in [1.54, 1.807) is 0 Å². The van der Waals surface area contributed by atoms with Crippen LogP contribution in [-0.4, -0.2) is 21.8 Å². The summed E-state index contributed by atoms with van der Waals surface area (Å²) >= 11 is 0. The standard InChI is InChI=1S/C6H9N5O2/c1-3(12)10-11-6-4(5(7)13)8-2-9-6/h2,11H,1H3,(H2,7,13)(H,8,9)(H,10,12). The minimum atomic E-state index is -0.648. The summed E-state index contributed by atoms with van der Waals surface area (Å²) in [5, 5.41) is 0. The Bertz CT molecular complexity index is 332. The molecule has 0 bridgehead atoms. The quantitative estimate of drug-likeness (QED) is 0.449. The monoisotopic (exact) mass is 183 g/mol. The average molecular weight is 183 g/mol. The van der Waals surface area contributed by atoms with E-state index in [1.165, 1.54) is 13.3 Å².